The van der Waals surface area contributed by atoms with Gasteiger partial charge in [-0.2, -0.15) is 0 Å². The van der Waals surface area contributed by atoms with Gasteiger partial charge in [0.25, 0.3) is 0 Å². The molecule has 0 radical (unpaired) electrons. The van der Waals surface area contributed by atoms with Gasteiger partial charge in [0.15, 0.2) is 5.13 Å². The number of amides is 1. The highest BCUT2D eigenvalue weighted by molar-refractivity contribution is 7.17. The van der Waals surface area contributed by atoms with Gasteiger partial charge in [0.2, 0.25) is 5.91 Å². The van der Waals surface area contributed by atoms with Crippen LogP contribution in [0.4, 0.5) is 10.8 Å². The number of aromatic nitrogens is 1. The molecule has 0 aliphatic carbocycles. The lowest BCUT2D eigenvalue weighted by molar-refractivity contribution is -0.119. The Morgan fingerprint density at radius 2 is 2.00 bits per heavy atom. The second-order valence-corrected chi connectivity index (χ2v) is 7.66. The van der Waals surface area contributed by atoms with Crippen molar-refractivity contribution in [1.82, 2.24) is 10.3 Å². The van der Waals surface area contributed by atoms with E-state index in [9.17, 15) is 4.79 Å². The quantitative estimate of drug-likeness (QED) is 0.685. The number of nitrogens with one attached hydrogen (secondary N) is 2. The minimum atomic E-state index is -0.0153. The molecular formula is C18H19N3OS2. The smallest absolute Gasteiger partial charge is 0.217 e. The Kier molecular flexibility index (Phi) is 4.97. The van der Waals surface area contributed by atoms with E-state index < -0.39 is 0 Å². The zero-order valence-electron chi connectivity index (χ0n) is 13.8. The molecule has 0 saturated heterocycles. The van der Waals surface area contributed by atoms with Gasteiger partial charge in [0.05, 0.1) is 17.1 Å². The number of thiazole rings is 1. The van der Waals surface area contributed by atoms with Crippen LogP contribution in [0.3, 0.4) is 0 Å². The molecule has 0 fully saturated rings. The molecular weight excluding hydrogens is 338 g/mol. The third-order valence-corrected chi connectivity index (χ3v) is 5.55. The van der Waals surface area contributed by atoms with Gasteiger partial charge in [-0.25, -0.2) is 4.98 Å². The van der Waals surface area contributed by atoms with Gasteiger partial charge in [-0.15, -0.1) is 22.7 Å². The first kappa shape index (κ1) is 16.7. The van der Waals surface area contributed by atoms with E-state index in [1.165, 1.54) is 18.1 Å². The predicted molar refractivity (Wildman–Crippen MR) is 102 cm³/mol. The highest BCUT2D eigenvalue weighted by Gasteiger charge is 2.08. The van der Waals surface area contributed by atoms with Crippen molar-refractivity contribution in [2.75, 3.05) is 5.32 Å². The molecule has 6 heteroatoms. The van der Waals surface area contributed by atoms with Crippen LogP contribution in [0.15, 0.2) is 35.7 Å². The van der Waals surface area contributed by atoms with Gasteiger partial charge in [0.1, 0.15) is 0 Å². The molecule has 0 aliphatic rings. The van der Waals surface area contributed by atoms with Crippen molar-refractivity contribution in [3.63, 3.8) is 0 Å². The van der Waals surface area contributed by atoms with Crippen LogP contribution >= 0.6 is 22.7 Å². The Morgan fingerprint density at radius 1 is 1.17 bits per heavy atom. The van der Waals surface area contributed by atoms with E-state index in [1.807, 2.05) is 6.07 Å². The maximum atomic E-state index is 11.0. The highest BCUT2D eigenvalue weighted by Crippen LogP contribution is 2.32. The van der Waals surface area contributed by atoms with Crippen molar-refractivity contribution in [3.8, 4) is 10.6 Å². The molecule has 1 amide bonds. The van der Waals surface area contributed by atoms with Gasteiger partial charge in [-0.3, -0.25) is 4.79 Å². The van der Waals surface area contributed by atoms with E-state index in [4.69, 9.17) is 0 Å². The summed E-state index contributed by atoms with van der Waals surface area (Å²) in [4.78, 5) is 17.9. The zero-order chi connectivity index (χ0) is 17.1. The average molecular weight is 358 g/mol. The molecule has 0 saturated carbocycles. The van der Waals surface area contributed by atoms with Gasteiger partial charge in [-0.1, -0.05) is 6.07 Å². The maximum absolute atomic E-state index is 11.0. The van der Waals surface area contributed by atoms with E-state index in [0.717, 1.165) is 26.3 Å². The topological polar surface area (TPSA) is 54.0 Å². The highest BCUT2D eigenvalue weighted by atomic mass is 32.1. The molecule has 1 aromatic carbocycles. The Bertz CT molecular complexity index is 867. The number of anilines is 2. The molecule has 4 nitrogen and oxygen atoms in total. The summed E-state index contributed by atoms with van der Waals surface area (Å²) < 4.78 is 0. The predicted octanol–water partition coefficient (Wildman–Crippen LogP) is 4.87. The monoisotopic (exact) mass is 357 g/mol. The van der Waals surface area contributed by atoms with Crippen LogP contribution in [0.1, 0.15) is 22.9 Å². The molecule has 24 heavy (non-hydrogen) atoms. The summed E-state index contributed by atoms with van der Waals surface area (Å²) in [6, 6.07) is 10.4. The number of nitrogens with zero attached hydrogens (tertiary/aromatic N) is 1. The summed E-state index contributed by atoms with van der Waals surface area (Å²) in [7, 11) is 0. The lowest BCUT2D eigenvalue weighted by Gasteiger charge is -2.05. The van der Waals surface area contributed by atoms with Crippen LogP contribution < -0.4 is 10.6 Å². The number of rotatable bonds is 5. The fraction of sp³-hybridized carbons (Fsp3) is 0.222. The first-order chi connectivity index (χ1) is 11.5. The first-order valence-electron chi connectivity index (χ1n) is 7.64. The van der Waals surface area contributed by atoms with Crippen molar-refractivity contribution in [2.45, 2.75) is 27.3 Å². The van der Waals surface area contributed by atoms with E-state index in [1.54, 1.807) is 22.7 Å². The van der Waals surface area contributed by atoms with Crippen molar-refractivity contribution in [3.05, 3.63) is 51.7 Å². The van der Waals surface area contributed by atoms with E-state index in [-0.39, 0.29) is 5.91 Å². The third kappa shape index (κ3) is 4.01. The fourth-order valence-corrected chi connectivity index (χ4v) is 3.92. The van der Waals surface area contributed by atoms with Gasteiger partial charge >= 0.3 is 0 Å². The minimum absolute atomic E-state index is 0.0153. The Balaban J connectivity index is 1.71. The number of hydrogen-bond donors (Lipinski definition) is 2. The second-order valence-electron chi connectivity index (χ2n) is 5.64. The molecule has 2 aromatic heterocycles. The van der Waals surface area contributed by atoms with E-state index in [0.29, 0.717) is 6.54 Å². The van der Waals surface area contributed by atoms with Crippen molar-refractivity contribution in [2.24, 2.45) is 0 Å². The SMILES string of the molecule is CC(=O)NCc1ccc(-c2csc(Nc3ccc(C)c(C)c3)n2)s1. The average Bonchev–Trinajstić information content (AvgIpc) is 3.18. The van der Waals surface area contributed by atoms with Crippen LogP contribution in [-0.2, 0) is 11.3 Å². The molecule has 0 atom stereocenters. The Hall–Kier alpha value is -2.18. The molecule has 124 valence electrons. The van der Waals surface area contributed by atoms with Gasteiger partial charge in [-0.05, 0) is 49.2 Å². The van der Waals surface area contributed by atoms with Crippen molar-refractivity contribution >= 4 is 39.4 Å². The molecule has 3 rings (SSSR count). The van der Waals surface area contributed by atoms with Gasteiger partial charge in [0, 0.05) is 22.9 Å². The molecule has 0 spiro atoms. The van der Waals surface area contributed by atoms with Crippen LogP contribution in [0.2, 0.25) is 0 Å². The van der Waals surface area contributed by atoms with E-state index in [2.05, 4.69) is 59.1 Å². The molecule has 2 N–H and O–H groups in total. The largest absolute Gasteiger partial charge is 0.351 e. The van der Waals surface area contributed by atoms with E-state index >= 15 is 0 Å². The fourth-order valence-electron chi connectivity index (χ4n) is 2.21. The Morgan fingerprint density at radius 3 is 2.75 bits per heavy atom. The summed E-state index contributed by atoms with van der Waals surface area (Å²) in [5.41, 5.74) is 4.56. The number of carbonyl (C=O) groups is 1. The van der Waals surface area contributed by atoms with Gasteiger partial charge < -0.3 is 10.6 Å². The molecule has 3 aromatic rings. The molecule has 2 heterocycles. The van der Waals surface area contributed by atoms with Crippen LogP contribution in [0.25, 0.3) is 10.6 Å². The standard InChI is InChI=1S/C18H19N3OS2/c1-11-4-5-14(8-12(11)2)20-18-21-16(10-23-18)17-7-6-15(24-17)9-19-13(3)22/h4-8,10H,9H2,1-3H3,(H,19,22)(H,20,21). The summed E-state index contributed by atoms with van der Waals surface area (Å²) in [6.07, 6.45) is 0. The maximum Gasteiger partial charge on any atom is 0.217 e. The number of carbonyl (C=O) groups excluding carboxylic acids is 1. The number of hydrogen-bond acceptors (Lipinski definition) is 5. The zero-order valence-corrected chi connectivity index (χ0v) is 15.5. The normalized spacial score (nSPS) is 10.6. The van der Waals surface area contributed by atoms with Crippen molar-refractivity contribution < 1.29 is 4.79 Å². The summed E-state index contributed by atoms with van der Waals surface area (Å²) in [6.45, 7) is 6.31. The van der Waals surface area contributed by atoms with Crippen LogP contribution in [0.5, 0.6) is 0 Å². The summed E-state index contributed by atoms with van der Waals surface area (Å²) in [5.74, 6) is -0.0153. The number of thiophene rings is 1. The van der Waals surface area contributed by atoms with Crippen LogP contribution in [-0.4, -0.2) is 10.9 Å². The molecule has 0 bridgehead atoms. The molecule has 0 aliphatic heterocycles. The minimum Gasteiger partial charge on any atom is -0.351 e. The summed E-state index contributed by atoms with van der Waals surface area (Å²) in [5, 5.41) is 9.11. The number of aryl methyl sites for hydroxylation is 2. The third-order valence-electron chi connectivity index (χ3n) is 3.69. The Labute approximate surface area is 149 Å². The molecule has 0 unspecified atom stereocenters. The lowest BCUT2D eigenvalue weighted by Crippen LogP contribution is -2.17. The van der Waals surface area contributed by atoms with Crippen LogP contribution in [0, 0.1) is 13.8 Å². The summed E-state index contributed by atoms with van der Waals surface area (Å²) >= 11 is 3.25. The second kappa shape index (κ2) is 7.15. The van der Waals surface area contributed by atoms with Crippen molar-refractivity contribution in [1.29, 1.82) is 0 Å². The lowest BCUT2D eigenvalue weighted by atomic mass is 10.1. The first-order valence-corrected chi connectivity index (χ1v) is 9.34. The number of benzene rings is 1.